The summed E-state index contributed by atoms with van der Waals surface area (Å²) in [6, 6.07) is 13.0. The average molecular weight is 254 g/mol. The molecular weight excluding hydrogens is 240 g/mol. The first-order valence-corrected chi connectivity index (χ1v) is 6.34. The summed E-state index contributed by atoms with van der Waals surface area (Å²) in [6.07, 6.45) is 2.64. The van der Waals surface area contributed by atoms with Crippen LogP contribution in [0, 0.1) is 0 Å². The molecule has 0 saturated heterocycles. The highest BCUT2D eigenvalue weighted by molar-refractivity contribution is 6.02. The second kappa shape index (κ2) is 5.10. The molecule has 4 nitrogen and oxygen atoms in total. The van der Waals surface area contributed by atoms with Gasteiger partial charge in [-0.15, -0.1) is 0 Å². The Bertz CT molecular complexity index is 659. The quantitative estimate of drug-likeness (QED) is 0.838. The number of anilines is 1. The fourth-order valence-corrected chi connectivity index (χ4v) is 2.21. The van der Waals surface area contributed by atoms with Crippen LogP contribution >= 0.6 is 0 Å². The maximum absolute atomic E-state index is 11.2. The Morgan fingerprint density at radius 2 is 1.89 bits per heavy atom. The monoisotopic (exact) mass is 254 g/mol. The number of fused-ring (bicyclic) bond motifs is 1. The van der Waals surface area contributed by atoms with Crippen LogP contribution in [0.4, 0.5) is 5.69 Å². The molecule has 1 aromatic carbocycles. The third kappa shape index (κ3) is 2.57. The van der Waals surface area contributed by atoms with E-state index in [9.17, 15) is 4.79 Å². The molecule has 1 aliphatic carbocycles. The van der Waals surface area contributed by atoms with Crippen molar-refractivity contribution in [3.05, 3.63) is 64.2 Å². The number of nitrogens with one attached hydrogen (secondary N) is 1. The van der Waals surface area contributed by atoms with Crippen LogP contribution in [0.3, 0.4) is 0 Å². The molecule has 0 atom stereocenters. The molecule has 0 unspecified atom stereocenters. The number of hydrogen-bond donors (Lipinski definition) is 1. The normalized spacial score (nSPS) is 16.1. The Labute approximate surface area is 110 Å². The minimum atomic E-state index is -0.295. The second-order valence-electron chi connectivity index (χ2n) is 4.48. The molecule has 4 heteroatoms. The molecule has 0 bridgehead atoms. The first kappa shape index (κ1) is 11.7. The van der Waals surface area contributed by atoms with Crippen LogP contribution in [0.25, 0.3) is 0 Å². The lowest BCUT2D eigenvalue weighted by Gasteiger charge is -2.15. The zero-order valence-corrected chi connectivity index (χ0v) is 10.4. The van der Waals surface area contributed by atoms with Crippen molar-refractivity contribution < 1.29 is 4.42 Å². The van der Waals surface area contributed by atoms with E-state index in [2.05, 4.69) is 10.5 Å². The van der Waals surface area contributed by atoms with Crippen LogP contribution in [0.2, 0.25) is 0 Å². The average Bonchev–Trinajstić information content (AvgIpc) is 2.45. The lowest BCUT2D eigenvalue weighted by Crippen LogP contribution is -2.16. The molecule has 96 valence electrons. The van der Waals surface area contributed by atoms with Crippen LogP contribution in [0.15, 0.2) is 56.8 Å². The zero-order chi connectivity index (χ0) is 13.1. The smallest absolute Gasteiger partial charge is 0.335 e. The summed E-state index contributed by atoms with van der Waals surface area (Å²) in [7, 11) is 0. The fourth-order valence-electron chi connectivity index (χ4n) is 2.21. The van der Waals surface area contributed by atoms with E-state index in [4.69, 9.17) is 4.42 Å². The van der Waals surface area contributed by atoms with E-state index in [-0.39, 0.29) is 5.63 Å². The number of rotatable bonds is 2. The first-order chi connectivity index (χ1) is 9.33. The molecular formula is C15H14N2O2. The largest absolute Gasteiger partial charge is 0.427 e. The van der Waals surface area contributed by atoms with Gasteiger partial charge in [-0.2, -0.15) is 5.10 Å². The van der Waals surface area contributed by atoms with Gasteiger partial charge in [-0.05, 0) is 31.0 Å². The molecule has 19 heavy (non-hydrogen) atoms. The van der Waals surface area contributed by atoms with Crippen molar-refractivity contribution in [3.8, 4) is 0 Å². The van der Waals surface area contributed by atoms with Gasteiger partial charge in [0.1, 0.15) is 5.76 Å². The van der Waals surface area contributed by atoms with Crippen LogP contribution in [-0.2, 0) is 6.42 Å². The van der Waals surface area contributed by atoms with Gasteiger partial charge in [-0.25, -0.2) is 4.79 Å². The van der Waals surface area contributed by atoms with Gasteiger partial charge in [0.25, 0.3) is 0 Å². The van der Waals surface area contributed by atoms with Crippen LogP contribution in [-0.4, -0.2) is 5.71 Å². The molecule has 0 aliphatic heterocycles. The van der Waals surface area contributed by atoms with Gasteiger partial charge in [-0.3, -0.25) is 5.43 Å². The minimum absolute atomic E-state index is 0.295. The van der Waals surface area contributed by atoms with E-state index >= 15 is 0 Å². The highest BCUT2D eigenvalue weighted by atomic mass is 16.4. The molecule has 1 heterocycles. The molecule has 0 saturated carbocycles. The minimum Gasteiger partial charge on any atom is -0.427 e. The molecule has 0 radical (unpaired) electrons. The van der Waals surface area contributed by atoms with Crippen molar-refractivity contribution in [2.75, 3.05) is 5.43 Å². The van der Waals surface area contributed by atoms with Gasteiger partial charge in [0.2, 0.25) is 0 Å². The van der Waals surface area contributed by atoms with Crippen LogP contribution < -0.4 is 11.1 Å². The number of aryl methyl sites for hydroxylation is 1. The fraction of sp³-hybridized carbons (Fsp3) is 0.200. The van der Waals surface area contributed by atoms with Gasteiger partial charge in [0.05, 0.1) is 11.4 Å². The molecule has 3 rings (SSSR count). The molecule has 1 N–H and O–H groups in total. The summed E-state index contributed by atoms with van der Waals surface area (Å²) in [5.74, 6) is 0.743. The lowest BCUT2D eigenvalue weighted by atomic mass is 9.95. The van der Waals surface area contributed by atoms with Gasteiger partial charge in [0.15, 0.2) is 0 Å². The third-order valence-electron chi connectivity index (χ3n) is 3.13. The predicted molar refractivity (Wildman–Crippen MR) is 74.5 cm³/mol. The number of hydrogen-bond acceptors (Lipinski definition) is 4. The van der Waals surface area contributed by atoms with Gasteiger partial charge in [0, 0.05) is 18.1 Å². The topological polar surface area (TPSA) is 54.6 Å². The van der Waals surface area contributed by atoms with Crippen molar-refractivity contribution in [2.24, 2.45) is 5.10 Å². The second-order valence-corrected chi connectivity index (χ2v) is 4.48. The molecule has 1 aliphatic rings. The van der Waals surface area contributed by atoms with E-state index in [0.717, 1.165) is 42.0 Å². The summed E-state index contributed by atoms with van der Waals surface area (Å²) in [6.45, 7) is 0. The first-order valence-electron chi connectivity index (χ1n) is 6.34. The van der Waals surface area contributed by atoms with Gasteiger partial charge < -0.3 is 4.42 Å². The van der Waals surface area contributed by atoms with E-state index in [1.807, 2.05) is 30.3 Å². The molecule has 0 spiro atoms. The number of para-hydroxylation sites is 1. The predicted octanol–water partition coefficient (Wildman–Crippen LogP) is 2.79. The Kier molecular flexibility index (Phi) is 3.14. The summed E-state index contributed by atoms with van der Waals surface area (Å²) in [5.41, 5.74) is 5.56. The van der Waals surface area contributed by atoms with Crippen molar-refractivity contribution in [1.82, 2.24) is 0 Å². The zero-order valence-electron chi connectivity index (χ0n) is 10.4. The van der Waals surface area contributed by atoms with Crippen molar-refractivity contribution in [1.29, 1.82) is 0 Å². The van der Waals surface area contributed by atoms with Crippen LogP contribution in [0.1, 0.15) is 24.2 Å². The van der Waals surface area contributed by atoms with Gasteiger partial charge >= 0.3 is 5.63 Å². The highest BCUT2D eigenvalue weighted by Crippen LogP contribution is 2.20. The summed E-state index contributed by atoms with van der Waals surface area (Å²) in [4.78, 5) is 11.2. The maximum atomic E-state index is 11.2. The summed E-state index contributed by atoms with van der Waals surface area (Å²) >= 11 is 0. The van der Waals surface area contributed by atoms with E-state index in [0.29, 0.717) is 0 Å². The summed E-state index contributed by atoms with van der Waals surface area (Å²) in [5, 5.41) is 4.43. The molecule has 0 amide bonds. The lowest BCUT2D eigenvalue weighted by molar-refractivity contribution is 0.449. The SMILES string of the molecule is O=c1ccc2c(o1)CCC/C2=N/Nc1ccccc1. The third-order valence-corrected chi connectivity index (χ3v) is 3.13. The highest BCUT2D eigenvalue weighted by Gasteiger charge is 2.17. The number of hydrazone groups is 1. The summed E-state index contributed by atoms with van der Waals surface area (Å²) < 4.78 is 5.22. The Balaban J connectivity index is 1.89. The van der Waals surface area contributed by atoms with Crippen LogP contribution in [0.5, 0.6) is 0 Å². The van der Waals surface area contributed by atoms with E-state index < -0.39 is 0 Å². The molecule has 1 aromatic heterocycles. The Hall–Kier alpha value is -2.36. The van der Waals surface area contributed by atoms with E-state index in [1.165, 1.54) is 6.07 Å². The Morgan fingerprint density at radius 1 is 1.05 bits per heavy atom. The van der Waals surface area contributed by atoms with Gasteiger partial charge in [-0.1, -0.05) is 18.2 Å². The maximum Gasteiger partial charge on any atom is 0.335 e. The molecule has 0 fully saturated rings. The van der Waals surface area contributed by atoms with Crippen molar-refractivity contribution in [2.45, 2.75) is 19.3 Å². The number of benzene rings is 1. The number of nitrogens with zero attached hydrogens (tertiary/aromatic N) is 1. The Morgan fingerprint density at radius 3 is 2.74 bits per heavy atom. The van der Waals surface area contributed by atoms with Crippen molar-refractivity contribution >= 4 is 11.4 Å². The van der Waals surface area contributed by atoms with Crippen molar-refractivity contribution in [3.63, 3.8) is 0 Å². The standard InChI is InChI=1S/C15H14N2O2/c18-15-10-9-12-13(7-4-8-14(12)19-15)17-16-11-5-2-1-3-6-11/h1-3,5-6,9-10,16H,4,7-8H2/b17-13-. The van der Waals surface area contributed by atoms with E-state index in [1.54, 1.807) is 6.07 Å². The molecule has 2 aromatic rings.